The molecule has 3 heteroatoms. The summed E-state index contributed by atoms with van der Waals surface area (Å²) in [4.78, 5) is 11.8. The van der Waals surface area contributed by atoms with Crippen LogP contribution in [0.15, 0.2) is 30.3 Å². The molecule has 0 heterocycles. The molecule has 0 bridgehead atoms. The highest BCUT2D eigenvalue weighted by Gasteiger charge is 2.20. The minimum atomic E-state index is -0.222. The summed E-state index contributed by atoms with van der Waals surface area (Å²) in [6.45, 7) is 5.92. The Kier molecular flexibility index (Phi) is 6.44. The Balaban J connectivity index is 2.60. The van der Waals surface area contributed by atoms with Crippen molar-refractivity contribution in [3.05, 3.63) is 35.9 Å². The van der Waals surface area contributed by atoms with E-state index in [4.69, 9.17) is 4.74 Å². The highest BCUT2D eigenvalue weighted by Crippen LogP contribution is 2.16. The van der Waals surface area contributed by atoms with Gasteiger partial charge in [-0.2, -0.15) is 0 Å². The van der Waals surface area contributed by atoms with Crippen LogP contribution < -0.4 is 5.32 Å². The molecule has 1 rings (SSSR count). The van der Waals surface area contributed by atoms with Crippen LogP contribution in [0.2, 0.25) is 0 Å². The summed E-state index contributed by atoms with van der Waals surface area (Å²) < 4.78 is 4.87. The molecular weight excluding hydrogens is 226 g/mol. The lowest BCUT2D eigenvalue weighted by molar-refractivity contribution is -0.142. The summed E-state index contributed by atoms with van der Waals surface area (Å²) in [6, 6.07) is 9.77. The van der Waals surface area contributed by atoms with Crippen LogP contribution in [0.1, 0.15) is 31.7 Å². The molecule has 0 aromatic heterocycles. The molecule has 1 aromatic carbocycles. The molecule has 18 heavy (non-hydrogen) atoms. The van der Waals surface area contributed by atoms with Crippen molar-refractivity contribution < 1.29 is 9.53 Å². The molecule has 2 atom stereocenters. The van der Waals surface area contributed by atoms with E-state index in [1.165, 1.54) is 7.11 Å². The molecule has 0 saturated carbocycles. The summed E-state index contributed by atoms with van der Waals surface area (Å²) >= 11 is 0. The number of carbonyl (C=O) groups is 1. The van der Waals surface area contributed by atoms with Gasteiger partial charge in [-0.15, -0.1) is 0 Å². The van der Waals surface area contributed by atoms with Crippen LogP contribution in [-0.2, 0) is 9.53 Å². The lowest BCUT2D eigenvalue weighted by atomic mass is 9.99. The van der Waals surface area contributed by atoms with E-state index in [1.807, 2.05) is 30.3 Å². The Morgan fingerprint density at radius 1 is 1.28 bits per heavy atom. The monoisotopic (exact) mass is 249 g/mol. The zero-order valence-electron chi connectivity index (χ0n) is 11.5. The first-order valence-corrected chi connectivity index (χ1v) is 6.52. The maximum atomic E-state index is 11.8. The molecule has 0 radical (unpaired) electrons. The normalized spacial score (nSPS) is 13.9. The number of nitrogens with one attached hydrogen (secondary N) is 1. The van der Waals surface area contributed by atoms with Gasteiger partial charge in [-0.1, -0.05) is 50.6 Å². The number of ether oxygens (including phenoxy) is 1. The molecule has 0 saturated heterocycles. The van der Waals surface area contributed by atoms with Gasteiger partial charge in [0.25, 0.3) is 0 Å². The SMILES string of the molecule is CCC(C)CNCC(C(=O)OC)c1ccccc1. The minimum absolute atomic E-state index is 0.183. The first-order valence-electron chi connectivity index (χ1n) is 6.52. The first-order chi connectivity index (χ1) is 8.69. The number of methoxy groups -OCH3 is 1. The standard InChI is InChI=1S/C15H23NO2/c1-4-12(2)10-16-11-14(15(17)18-3)13-8-6-5-7-9-13/h5-9,12,14,16H,4,10-11H2,1-3H3. The van der Waals surface area contributed by atoms with Gasteiger partial charge in [0.05, 0.1) is 13.0 Å². The van der Waals surface area contributed by atoms with Gasteiger partial charge in [-0.3, -0.25) is 4.79 Å². The predicted octanol–water partition coefficient (Wildman–Crippen LogP) is 2.58. The topological polar surface area (TPSA) is 38.3 Å². The van der Waals surface area contributed by atoms with Crippen LogP contribution >= 0.6 is 0 Å². The van der Waals surface area contributed by atoms with Crippen molar-refractivity contribution in [2.75, 3.05) is 20.2 Å². The van der Waals surface area contributed by atoms with E-state index in [1.54, 1.807) is 0 Å². The lowest BCUT2D eigenvalue weighted by Crippen LogP contribution is -2.30. The van der Waals surface area contributed by atoms with Gasteiger partial charge >= 0.3 is 5.97 Å². The summed E-state index contributed by atoms with van der Waals surface area (Å²) in [5.74, 6) is 0.220. The molecule has 100 valence electrons. The number of benzene rings is 1. The van der Waals surface area contributed by atoms with Gasteiger partial charge in [0.1, 0.15) is 0 Å². The van der Waals surface area contributed by atoms with Gasteiger partial charge in [-0.25, -0.2) is 0 Å². The van der Waals surface area contributed by atoms with Crippen molar-refractivity contribution in [2.24, 2.45) is 5.92 Å². The van der Waals surface area contributed by atoms with Crippen LogP contribution in [0.4, 0.5) is 0 Å². The Bertz CT molecular complexity index is 351. The van der Waals surface area contributed by atoms with E-state index in [2.05, 4.69) is 19.2 Å². The van der Waals surface area contributed by atoms with Crippen molar-refractivity contribution in [3.63, 3.8) is 0 Å². The van der Waals surface area contributed by atoms with Gasteiger partial charge < -0.3 is 10.1 Å². The molecule has 3 nitrogen and oxygen atoms in total. The summed E-state index contributed by atoms with van der Waals surface area (Å²) in [6.07, 6.45) is 1.14. The molecular formula is C15H23NO2. The van der Waals surface area contributed by atoms with E-state index < -0.39 is 0 Å². The second kappa shape index (κ2) is 7.88. The summed E-state index contributed by atoms with van der Waals surface area (Å²) in [5, 5.41) is 3.35. The lowest BCUT2D eigenvalue weighted by Gasteiger charge is -2.17. The fourth-order valence-corrected chi connectivity index (χ4v) is 1.78. The van der Waals surface area contributed by atoms with Gasteiger partial charge in [0.2, 0.25) is 0 Å². The van der Waals surface area contributed by atoms with Crippen LogP contribution in [0.3, 0.4) is 0 Å². The first kappa shape index (κ1) is 14.7. The van der Waals surface area contributed by atoms with E-state index in [-0.39, 0.29) is 11.9 Å². The van der Waals surface area contributed by atoms with Crippen molar-refractivity contribution >= 4 is 5.97 Å². The van der Waals surface area contributed by atoms with Crippen molar-refractivity contribution in [2.45, 2.75) is 26.2 Å². The number of rotatable bonds is 7. The maximum absolute atomic E-state index is 11.8. The minimum Gasteiger partial charge on any atom is -0.469 e. The zero-order chi connectivity index (χ0) is 13.4. The predicted molar refractivity (Wildman–Crippen MR) is 73.5 cm³/mol. The molecule has 0 aliphatic rings. The van der Waals surface area contributed by atoms with Crippen LogP contribution in [0.25, 0.3) is 0 Å². The Morgan fingerprint density at radius 2 is 1.94 bits per heavy atom. The number of hydrogen-bond donors (Lipinski definition) is 1. The van der Waals surface area contributed by atoms with Crippen molar-refractivity contribution in [3.8, 4) is 0 Å². The zero-order valence-corrected chi connectivity index (χ0v) is 11.5. The smallest absolute Gasteiger partial charge is 0.314 e. The van der Waals surface area contributed by atoms with Crippen LogP contribution in [0, 0.1) is 5.92 Å². The van der Waals surface area contributed by atoms with E-state index >= 15 is 0 Å². The molecule has 0 aliphatic heterocycles. The van der Waals surface area contributed by atoms with Gasteiger partial charge in [0, 0.05) is 6.54 Å². The second-order valence-corrected chi connectivity index (χ2v) is 4.66. The Labute approximate surface area is 110 Å². The third kappa shape index (κ3) is 4.49. The van der Waals surface area contributed by atoms with E-state index in [9.17, 15) is 4.79 Å². The van der Waals surface area contributed by atoms with Crippen LogP contribution in [-0.4, -0.2) is 26.2 Å². The molecule has 0 fully saturated rings. The molecule has 1 aromatic rings. The summed E-state index contributed by atoms with van der Waals surface area (Å²) in [7, 11) is 1.44. The quantitative estimate of drug-likeness (QED) is 0.755. The van der Waals surface area contributed by atoms with Gasteiger partial charge in [-0.05, 0) is 18.0 Å². The number of hydrogen-bond acceptors (Lipinski definition) is 3. The molecule has 0 amide bonds. The largest absolute Gasteiger partial charge is 0.469 e. The van der Waals surface area contributed by atoms with Gasteiger partial charge in [0.15, 0.2) is 0 Å². The Morgan fingerprint density at radius 3 is 2.50 bits per heavy atom. The van der Waals surface area contributed by atoms with Crippen LogP contribution in [0.5, 0.6) is 0 Å². The maximum Gasteiger partial charge on any atom is 0.314 e. The fraction of sp³-hybridized carbons (Fsp3) is 0.533. The van der Waals surface area contributed by atoms with E-state index in [0.29, 0.717) is 12.5 Å². The second-order valence-electron chi connectivity index (χ2n) is 4.66. The Hall–Kier alpha value is -1.35. The third-order valence-corrected chi connectivity index (χ3v) is 3.23. The average molecular weight is 249 g/mol. The van der Waals surface area contributed by atoms with Crippen molar-refractivity contribution in [1.82, 2.24) is 5.32 Å². The third-order valence-electron chi connectivity index (χ3n) is 3.23. The number of carbonyl (C=O) groups excluding carboxylic acids is 1. The van der Waals surface area contributed by atoms with Crippen molar-refractivity contribution in [1.29, 1.82) is 0 Å². The molecule has 2 unspecified atom stereocenters. The molecule has 0 aliphatic carbocycles. The fourth-order valence-electron chi connectivity index (χ4n) is 1.78. The summed E-state index contributed by atoms with van der Waals surface area (Å²) in [5.41, 5.74) is 1.00. The molecule has 1 N–H and O–H groups in total. The average Bonchev–Trinajstić information content (AvgIpc) is 2.43. The highest BCUT2D eigenvalue weighted by atomic mass is 16.5. The highest BCUT2D eigenvalue weighted by molar-refractivity contribution is 5.78. The number of esters is 1. The van der Waals surface area contributed by atoms with E-state index in [0.717, 1.165) is 18.5 Å². The molecule has 0 spiro atoms.